The second-order valence-electron chi connectivity index (χ2n) is 21.2. The Morgan fingerprint density at radius 2 is 1.56 bits per heavy atom. The zero-order chi connectivity index (χ0) is 40.0. The molecule has 0 aromatic rings. The number of nitrogens with one attached hydrogen (secondary N) is 1. The van der Waals surface area contributed by atoms with Gasteiger partial charge in [-0.15, -0.1) is 0 Å². The molecule has 10 atom stereocenters. The highest BCUT2D eigenvalue weighted by molar-refractivity contribution is 6.02. The number of hydrogen-bond donors (Lipinski definition) is 1. The highest BCUT2D eigenvalue weighted by Gasteiger charge is 2.70. The minimum atomic E-state index is -0.978. The zero-order valence-corrected chi connectivity index (χ0v) is 35.4. The van der Waals surface area contributed by atoms with Gasteiger partial charge in [0.25, 0.3) is 6.47 Å². The van der Waals surface area contributed by atoms with E-state index in [1.807, 2.05) is 13.8 Å². The third kappa shape index (κ3) is 5.92. The van der Waals surface area contributed by atoms with Gasteiger partial charge in [0.2, 0.25) is 5.91 Å². The smallest absolute Gasteiger partial charge is 0.310 e. The minimum Gasteiger partial charge on any atom is -0.466 e. The second-order valence-corrected chi connectivity index (χ2v) is 21.2. The van der Waals surface area contributed by atoms with Gasteiger partial charge < -0.3 is 19.5 Å². The van der Waals surface area contributed by atoms with Crippen molar-refractivity contribution >= 4 is 30.1 Å². The summed E-state index contributed by atoms with van der Waals surface area (Å²) in [4.78, 5) is 65.3. The van der Waals surface area contributed by atoms with Crippen molar-refractivity contribution in [2.24, 2.45) is 62.1 Å². The molecule has 6 aliphatic rings. The Kier molecular flexibility index (Phi) is 10.2. The Bertz CT molecular complexity index is 1610. The molecule has 1 N–H and O–H groups in total. The van der Waals surface area contributed by atoms with Crippen molar-refractivity contribution < 1.29 is 38.2 Å². The van der Waals surface area contributed by atoms with E-state index >= 15 is 0 Å². The van der Waals surface area contributed by atoms with E-state index in [0.29, 0.717) is 37.6 Å². The molecule has 0 unspecified atom stereocenters. The van der Waals surface area contributed by atoms with Crippen LogP contribution in [0, 0.1) is 62.1 Å². The molecular weight excluding hydrogens is 682 g/mol. The van der Waals surface area contributed by atoms with Crippen LogP contribution in [0.1, 0.15) is 154 Å². The summed E-state index contributed by atoms with van der Waals surface area (Å²) in [5.41, 5.74) is -0.250. The van der Waals surface area contributed by atoms with Crippen molar-refractivity contribution in [1.82, 2.24) is 5.32 Å². The summed E-state index contributed by atoms with van der Waals surface area (Å²) >= 11 is 0. The normalized spacial score (nSPS) is 40.6. The van der Waals surface area contributed by atoms with E-state index < -0.39 is 16.4 Å². The number of Topliss-reactive ketones (excluding diaryl/α,β-unsaturated/α-hetero) is 1. The summed E-state index contributed by atoms with van der Waals surface area (Å²) in [5, 5.41) is 3.46. The quantitative estimate of drug-likeness (QED) is 0.134. The Morgan fingerprint density at radius 3 is 2.17 bits per heavy atom. The average Bonchev–Trinajstić information content (AvgIpc) is 3.36. The largest absolute Gasteiger partial charge is 0.466 e. The first-order valence-corrected chi connectivity index (χ1v) is 21.0. The monoisotopic (exact) mass is 752 g/mol. The Morgan fingerprint density at radius 1 is 0.870 bits per heavy atom. The summed E-state index contributed by atoms with van der Waals surface area (Å²) in [6, 6.07) is 0. The number of fused-ring (bicyclic) bond motifs is 7. The lowest BCUT2D eigenvalue weighted by atomic mass is 9.33. The molecule has 54 heavy (non-hydrogen) atoms. The molecule has 1 amide bonds. The van der Waals surface area contributed by atoms with Gasteiger partial charge in [0, 0.05) is 17.3 Å². The van der Waals surface area contributed by atoms with Gasteiger partial charge in [0.15, 0.2) is 5.78 Å². The standard InChI is InChI=1S/C45H69NO8/c1-13-52-34(49)24-39(4,5)38(51)46-45-21-20-43(11)27(36(45)35(26(2)3)29(48)23-45)14-15-31-42(10)18-17-32(41(8,9)30(42)16-19-44(31,43)12)54-37(50)28-22-33(53-25-47)40(28,6)7/h25-28,30-33H,13-24H2,1-12H3,(H,46,51)/t27-,28-,30+,31-,32+,33-,42+,43-,44-,45-/m1/s1. The number of carbonyl (C=O) groups excluding carboxylic acids is 5. The molecule has 0 saturated heterocycles. The van der Waals surface area contributed by atoms with Gasteiger partial charge in [-0.3, -0.25) is 24.0 Å². The number of hydrogen-bond acceptors (Lipinski definition) is 8. The lowest BCUT2D eigenvalue weighted by Crippen LogP contribution is -2.67. The van der Waals surface area contributed by atoms with E-state index in [2.05, 4.69) is 53.8 Å². The Balaban J connectivity index is 1.26. The molecule has 0 spiro atoms. The first-order chi connectivity index (χ1) is 25.0. The van der Waals surface area contributed by atoms with E-state index in [-0.39, 0.29) is 88.3 Å². The van der Waals surface area contributed by atoms with E-state index in [4.69, 9.17) is 14.2 Å². The Labute approximate surface area is 324 Å². The zero-order valence-electron chi connectivity index (χ0n) is 35.4. The summed E-state index contributed by atoms with van der Waals surface area (Å²) in [7, 11) is 0. The van der Waals surface area contributed by atoms with Crippen LogP contribution in [0.2, 0.25) is 0 Å². The maximum atomic E-state index is 14.1. The molecule has 9 heteroatoms. The van der Waals surface area contributed by atoms with Crippen LogP contribution in [0.3, 0.4) is 0 Å². The van der Waals surface area contributed by atoms with Crippen LogP contribution in [0.5, 0.6) is 0 Å². The fourth-order valence-corrected chi connectivity index (χ4v) is 13.8. The van der Waals surface area contributed by atoms with Crippen molar-refractivity contribution in [3.63, 3.8) is 0 Å². The molecule has 302 valence electrons. The van der Waals surface area contributed by atoms with Gasteiger partial charge in [0.05, 0.1) is 29.9 Å². The molecule has 9 nitrogen and oxygen atoms in total. The van der Waals surface area contributed by atoms with Crippen molar-refractivity contribution in [2.75, 3.05) is 6.61 Å². The van der Waals surface area contributed by atoms with Crippen LogP contribution in [-0.4, -0.2) is 54.5 Å². The van der Waals surface area contributed by atoms with Crippen molar-refractivity contribution in [2.45, 2.75) is 171 Å². The van der Waals surface area contributed by atoms with Crippen LogP contribution in [0.25, 0.3) is 0 Å². The summed E-state index contributed by atoms with van der Waals surface area (Å²) in [6.07, 6.45) is 7.96. The molecule has 0 aromatic heterocycles. The molecule has 6 aliphatic carbocycles. The fourth-order valence-electron chi connectivity index (χ4n) is 13.8. The minimum absolute atomic E-state index is 0.0147. The molecule has 0 aliphatic heterocycles. The van der Waals surface area contributed by atoms with Gasteiger partial charge in [-0.2, -0.15) is 0 Å². The Hall–Kier alpha value is -2.71. The van der Waals surface area contributed by atoms with Crippen molar-refractivity contribution in [3.8, 4) is 0 Å². The lowest BCUT2D eigenvalue weighted by molar-refractivity contribution is -0.236. The van der Waals surface area contributed by atoms with Gasteiger partial charge in [0.1, 0.15) is 12.2 Å². The maximum Gasteiger partial charge on any atom is 0.310 e. The first-order valence-electron chi connectivity index (χ1n) is 21.0. The average molecular weight is 752 g/mol. The van der Waals surface area contributed by atoms with Gasteiger partial charge in [-0.25, -0.2) is 0 Å². The predicted octanol–water partition coefficient (Wildman–Crippen LogP) is 8.31. The molecule has 5 saturated carbocycles. The number of ketones is 1. The number of amides is 1. The summed E-state index contributed by atoms with van der Waals surface area (Å²) in [6.45, 7) is 26.5. The van der Waals surface area contributed by atoms with Gasteiger partial charge in [-0.1, -0.05) is 76.2 Å². The van der Waals surface area contributed by atoms with E-state index in [0.717, 1.165) is 50.5 Å². The van der Waals surface area contributed by atoms with Crippen LogP contribution in [0.4, 0.5) is 0 Å². The molecule has 0 radical (unpaired) electrons. The second kappa shape index (κ2) is 13.5. The van der Waals surface area contributed by atoms with E-state index in [1.54, 1.807) is 20.8 Å². The van der Waals surface area contributed by atoms with Gasteiger partial charge >= 0.3 is 11.9 Å². The topological polar surface area (TPSA) is 125 Å². The SMILES string of the molecule is CCOC(=O)CC(C)(C)C(=O)N[C@@]12CC[C@]3(C)[C@H](CC[C@@H]4[C@@]5(C)CC[C@H](OC(=O)[C@H]6C[C@@H](OC=O)C6(C)C)C(C)(C)[C@@H]5CC[C@]43C)C1=C(C(C)C)C(=O)C2. The van der Waals surface area contributed by atoms with Crippen LogP contribution in [-0.2, 0) is 38.2 Å². The third-order valence-electron chi connectivity index (χ3n) is 17.2. The number of carbonyl (C=O) groups is 5. The first kappa shape index (κ1) is 40.9. The van der Waals surface area contributed by atoms with Gasteiger partial charge in [-0.05, 0) is 116 Å². The number of allylic oxidation sites excluding steroid dienone is 1. The van der Waals surface area contributed by atoms with Crippen LogP contribution < -0.4 is 5.32 Å². The van der Waals surface area contributed by atoms with E-state index in [9.17, 15) is 24.0 Å². The highest BCUT2D eigenvalue weighted by atomic mass is 16.6. The van der Waals surface area contributed by atoms with Crippen molar-refractivity contribution in [3.05, 3.63) is 11.1 Å². The predicted molar refractivity (Wildman–Crippen MR) is 206 cm³/mol. The molecule has 0 aromatic carbocycles. The molecule has 0 bridgehead atoms. The van der Waals surface area contributed by atoms with Crippen molar-refractivity contribution in [1.29, 1.82) is 0 Å². The maximum absolute atomic E-state index is 14.1. The van der Waals surface area contributed by atoms with E-state index in [1.165, 1.54) is 5.57 Å². The lowest BCUT2D eigenvalue weighted by Gasteiger charge is -2.72. The highest BCUT2D eigenvalue weighted by Crippen LogP contribution is 2.76. The number of esters is 2. The third-order valence-corrected chi connectivity index (χ3v) is 17.2. The number of ether oxygens (including phenoxy) is 3. The molecular formula is C45H69NO8. The summed E-state index contributed by atoms with van der Waals surface area (Å²) in [5.74, 6) is 0.204. The van der Waals surface area contributed by atoms with Crippen LogP contribution in [0.15, 0.2) is 11.1 Å². The molecule has 5 fully saturated rings. The molecule has 6 rings (SSSR count). The fraction of sp³-hybridized carbons (Fsp3) is 0.844. The molecule has 0 heterocycles. The number of rotatable bonds is 10. The summed E-state index contributed by atoms with van der Waals surface area (Å²) < 4.78 is 16.9. The van der Waals surface area contributed by atoms with Crippen LogP contribution >= 0.6 is 0 Å².